The number of rotatable bonds is 5. The Hall–Kier alpha value is -2.86. The molecule has 0 radical (unpaired) electrons. The van der Waals surface area contributed by atoms with E-state index in [1.165, 1.54) is 6.33 Å². The van der Waals surface area contributed by atoms with E-state index in [9.17, 15) is 4.79 Å². The average molecular weight is 376 g/mol. The van der Waals surface area contributed by atoms with E-state index >= 15 is 0 Å². The normalized spacial score (nSPS) is 16.8. The molecule has 6 nitrogen and oxygen atoms in total. The van der Waals surface area contributed by atoms with Crippen LogP contribution < -0.4 is 0 Å². The van der Waals surface area contributed by atoms with Crippen molar-refractivity contribution in [3.05, 3.63) is 54.6 Å². The lowest BCUT2D eigenvalue weighted by atomic mass is 10.0. The Morgan fingerprint density at radius 1 is 1.21 bits per heavy atom. The zero-order valence-corrected chi connectivity index (χ0v) is 16.0. The minimum absolute atomic E-state index is 0.00775. The summed E-state index contributed by atoms with van der Waals surface area (Å²) in [5, 5.41) is 0.858. The van der Waals surface area contributed by atoms with Crippen LogP contribution in [-0.4, -0.2) is 51.6 Å². The number of carbonyl (C=O) groups excluding carboxylic acids is 1. The number of ether oxygens (including phenoxy) is 1. The van der Waals surface area contributed by atoms with E-state index in [4.69, 9.17) is 9.72 Å². The highest BCUT2D eigenvalue weighted by Gasteiger charge is 2.23. The molecular formula is C22H24N4O2. The highest BCUT2D eigenvalue weighted by Crippen LogP contribution is 2.25. The summed E-state index contributed by atoms with van der Waals surface area (Å²) < 4.78 is 5.85. The molecule has 3 aromatic rings. The molecule has 4 rings (SSSR count). The Kier molecular flexibility index (Phi) is 5.58. The highest BCUT2D eigenvalue weighted by atomic mass is 16.5. The van der Waals surface area contributed by atoms with Gasteiger partial charge in [0.2, 0.25) is 0 Å². The van der Waals surface area contributed by atoms with Gasteiger partial charge < -0.3 is 9.64 Å². The van der Waals surface area contributed by atoms with Crippen molar-refractivity contribution in [3.8, 4) is 11.3 Å². The smallest absolute Gasteiger partial charge is 0.254 e. The summed E-state index contributed by atoms with van der Waals surface area (Å²) in [7, 11) is 0. The van der Waals surface area contributed by atoms with E-state index in [1.807, 2.05) is 42.2 Å². The molecule has 1 saturated heterocycles. The molecule has 1 aliphatic heterocycles. The van der Waals surface area contributed by atoms with Crippen molar-refractivity contribution >= 4 is 16.8 Å². The number of benzene rings is 1. The number of hydrogen-bond acceptors (Lipinski definition) is 5. The number of carbonyl (C=O) groups is 1. The molecule has 0 unspecified atom stereocenters. The third-order valence-corrected chi connectivity index (χ3v) is 5.17. The largest absolute Gasteiger partial charge is 0.376 e. The molecule has 28 heavy (non-hydrogen) atoms. The summed E-state index contributed by atoms with van der Waals surface area (Å²) in [6.45, 7) is 4.05. The topological polar surface area (TPSA) is 68.2 Å². The Morgan fingerprint density at radius 3 is 2.79 bits per heavy atom. The Bertz CT molecular complexity index is 955. The van der Waals surface area contributed by atoms with Crippen molar-refractivity contribution in [2.75, 3.05) is 19.7 Å². The lowest BCUT2D eigenvalue weighted by Crippen LogP contribution is -2.39. The van der Waals surface area contributed by atoms with Crippen molar-refractivity contribution in [2.24, 2.45) is 0 Å². The lowest BCUT2D eigenvalue weighted by Gasteiger charge is -2.29. The van der Waals surface area contributed by atoms with E-state index in [-0.39, 0.29) is 12.0 Å². The first-order valence-electron chi connectivity index (χ1n) is 9.82. The maximum atomic E-state index is 13.5. The van der Waals surface area contributed by atoms with Crippen LogP contribution in [-0.2, 0) is 4.74 Å². The number of nitrogens with zero attached hydrogens (tertiary/aromatic N) is 4. The maximum absolute atomic E-state index is 13.5. The van der Waals surface area contributed by atoms with Gasteiger partial charge in [-0.25, -0.2) is 15.0 Å². The Balaban J connectivity index is 1.72. The molecule has 1 aromatic carbocycles. The fraction of sp³-hybridized carbons (Fsp3) is 0.364. The minimum atomic E-state index is 0.00775. The monoisotopic (exact) mass is 376 g/mol. The predicted octanol–water partition coefficient (Wildman–Crippen LogP) is 3.72. The number of aromatic nitrogens is 3. The van der Waals surface area contributed by atoms with Crippen molar-refractivity contribution in [3.63, 3.8) is 0 Å². The number of likely N-dealkylation sites (N-methyl/N-ethyl adjacent to an activating group) is 1. The molecule has 3 heterocycles. The molecule has 1 fully saturated rings. The summed E-state index contributed by atoms with van der Waals surface area (Å²) in [4.78, 5) is 28.2. The first-order chi connectivity index (χ1) is 13.8. The van der Waals surface area contributed by atoms with Gasteiger partial charge in [-0.15, -0.1) is 0 Å². The summed E-state index contributed by atoms with van der Waals surface area (Å²) >= 11 is 0. The Labute approximate surface area is 164 Å². The van der Waals surface area contributed by atoms with Gasteiger partial charge in [-0.2, -0.15) is 0 Å². The molecule has 144 valence electrons. The third-order valence-electron chi connectivity index (χ3n) is 5.17. The molecule has 0 aliphatic carbocycles. The van der Waals surface area contributed by atoms with Crippen molar-refractivity contribution in [1.29, 1.82) is 0 Å². The van der Waals surface area contributed by atoms with Crippen LogP contribution in [0.2, 0.25) is 0 Å². The second-order valence-corrected chi connectivity index (χ2v) is 7.03. The van der Waals surface area contributed by atoms with Gasteiger partial charge in [0.05, 0.1) is 22.9 Å². The predicted molar refractivity (Wildman–Crippen MR) is 108 cm³/mol. The van der Waals surface area contributed by atoms with E-state index < -0.39 is 0 Å². The number of amides is 1. The Morgan fingerprint density at radius 2 is 2.04 bits per heavy atom. The summed E-state index contributed by atoms with van der Waals surface area (Å²) in [6.07, 6.45) is 8.30. The van der Waals surface area contributed by atoms with Crippen LogP contribution in [0.15, 0.2) is 49.1 Å². The van der Waals surface area contributed by atoms with Crippen molar-refractivity contribution in [2.45, 2.75) is 32.3 Å². The lowest BCUT2D eigenvalue weighted by molar-refractivity contribution is -0.00307. The molecule has 1 amide bonds. The minimum Gasteiger partial charge on any atom is -0.376 e. The summed E-state index contributed by atoms with van der Waals surface area (Å²) in [6, 6.07) is 9.61. The SMILES string of the molecule is CCN(C[C@@H]1CCCCO1)C(=O)c1cc(-c2cncnc2)nc2ccccc12. The van der Waals surface area contributed by atoms with E-state index in [2.05, 4.69) is 9.97 Å². The van der Waals surface area contributed by atoms with Gasteiger partial charge in [0, 0.05) is 43.0 Å². The first-order valence-corrected chi connectivity index (χ1v) is 9.82. The standard InChI is InChI=1S/C22H24N4O2/c1-2-26(14-17-7-5-6-10-28-17)22(27)19-11-21(16-12-23-15-24-13-16)25-20-9-4-3-8-18(19)20/h3-4,8-9,11-13,15,17H,2,5-7,10,14H2,1H3/t17-/m0/s1. The number of para-hydroxylation sites is 1. The fourth-order valence-corrected chi connectivity index (χ4v) is 3.65. The zero-order chi connectivity index (χ0) is 19.3. The van der Waals surface area contributed by atoms with Crippen LogP contribution in [0.3, 0.4) is 0 Å². The second-order valence-electron chi connectivity index (χ2n) is 7.03. The first kappa shape index (κ1) is 18.5. The van der Waals surface area contributed by atoms with Crippen LogP contribution in [0.25, 0.3) is 22.2 Å². The van der Waals surface area contributed by atoms with E-state index in [0.717, 1.165) is 42.3 Å². The molecule has 1 aliphatic rings. The van der Waals surface area contributed by atoms with Crippen LogP contribution in [0, 0.1) is 0 Å². The van der Waals surface area contributed by atoms with Crippen LogP contribution in [0.5, 0.6) is 0 Å². The molecule has 0 N–H and O–H groups in total. The van der Waals surface area contributed by atoms with Gasteiger partial charge in [-0.1, -0.05) is 18.2 Å². The average Bonchev–Trinajstić information content (AvgIpc) is 2.77. The molecule has 2 aromatic heterocycles. The quantitative estimate of drug-likeness (QED) is 0.679. The zero-order valence-electron chi connectivity index (χ0n) is 16.0. The molecule has 6 heteroatoms. The van der Waals surface area contributed by atoms with E-state index in [0.29, 0.717) is 24.3 Å². The van der Waals surface area contributed by atoms with Crippen LogP contribution in [0.4, 0.5) is 0 Å². The summed E-state index contributed by atoms with van der Waals surface area (Å²) in [5.74, 6) is 0.00775. The van der Waals surface area contributed by atoms with Crippen LogP contribution in [0.1, 0.15) is 36.5 Å². The molecular weight excluding hydrogens is 352 g/mol. The number of pyridine rings is 1. The number of hydrogen-bond donors (Lipinski definition) is 0. The number of fused-ring (bicyclic) bond motifs is 1. The summed E-state index contributed by atoms with van der Waals surface area (Å²) in [5.41, 5.74) is 2.94. The van der Waals surface area contributed by atoms with Crippen molar-refractivity contribution < 1.29 is 9.53 Å². The van der Waals surface area contributed by atoms with Gasteiger partial charge in [0.15, 0.2) is 0 Å². The van der Waals surface area contributed by atoms with Gasteiger partial charge in [-0.05, 0) is 38.3 Å². The molecule has 0 spiro atoms. The third kappa shape index (κ3) is 3.87. The van der Waals surface area contributed by atoms with E-state index in [1.54, 1.807) is 12.4 Å². The van der Waals surface area contributed by atoms with Gasteiger partial charge in [0.25, 0.3) is 5.91 Å². The van der Waals surface area contributed by atoms with Gasteiger partial charge >= 0.3 is 0 Å². The van der Waals surface area contributed by atoms with Gasteiger partial charge in [-0.3, -0.25) is 4.79 Å². The fourth-order valence-electron chi connectivity index (χ4n) is 3.65. The molecule has 0 saturated carbocycles. The second kappa shape index (κ2) is 8.44. The van der Waals surface area contributed by atoms with Gasteiger partial charge in [0.1, 0.15) is 6.33 Å². The highest BCUT2D eigenvalue weighted by molar-refractivity contribution is 6.07. The molecule has 1 atom stereocenters. The van der Waals surface area contributed by atoms with Crippen molar-refractivity contribution in [1.82, 2.24) is 19.9 Å². The molecule has 0 bridgehead atoms. The van der Waals surface area contributed by atoms with Crippen LogP contribution >= 0.6 is 0 Å². The maximum Gasteiger partial charge on any atom is 0.254 e.